The van der Waals surface area contributed by atoms with E-state index in [1.165, 1.54) is 30.4 Å². The van der Waals surface area contributed by atoms with E-state index < -0.39 is 28.7 Å². The molecule has 110 valence electrons. The van der Waals surface area contributed by atoms with Gasteiger partial charge >= 0.3 is 5.97 Å². The van der Waals surface area contributed by atoms with Crippen molar-refractivity contribution in [2.75, 3.05) is 7.11 Å². The first kappa shape index (κ1) is 14.9. The summed E-state index contributed by atoms with van der Waals surface area (Å²) in [5, 5.41) is 20.4. The highest BCUT2D eigenvalue weighted by Gasteiger charge is 2.48. The quantitative estimate of drug-likeness (QED) is 0.679. The Bertz CT molecular complexity index is 667. The molecule has 2 rings (SSSR count). The van der Waals surface area contributed by atoms with Gasteiger partial charge in [0.2, 0.25) is 5.70 Å². The van der Waals surface area contributed by atoms with Gasteiger partial charge in [0, 0.05) is 18.8 Å². The number of carboxylic acid groups (broad SMARTS) is 1. The summed E-state index contributed by atoms with van der Waals surface area (Å²) in [6, 6.07) is 5.34. The molecular weight excluding hydrogens is 281 g/mol. The summed E-state index contributed by atoms with van der Waals surface area (Å²) in [6.07, 6.45) is 2.06. The molecule has 0 radical (unpaired) electrons. The van der Waals surface area contributed by atoms with E-state index in [4.69, 9.17) is 4.74 Å². The fourth-order valence-electron chi connectivity index (χ4n) is 2.29. The third-order valence-corrected chi connectivity index (χ3v) is 3.37. The highest BCUT2D eigenvalue weighted by Crippen LogP contribution is 2.39. The van der Waals surface area contributed by atoms with Crippen LogP contribution in [0.4, 0.5) is 4.39 Å². The van der Waals surface area contributed by atoms with E-state index in [0.717, 1.165) is 13.2 Å². The first-order valence-corrected chi connectivity index (χ1v) is 6.01. The topological polar surface area (TPSA) is 89.7 Å². The maximum absolute atomic E-state index is 13.3. The van der Waals surface area contributed by atoms with Gasteiger partial charge in [0.15, 0.2) is 5.60 Å². The van der Waals surface area contributed by atoms with Crippen molar-refractivity contribution in [3.63, 3.8) is 0 Å². The second kappa shape index (κ2) is 5.45. The third-order valence-electron chi connectivity index (χ3n) is 3.37. The molecule has 0 saturated heterocycles. The summed E-state index contributed by atoms with van der Waals surface area (Å²) in [7, 11) is 1.16. The minimum atomic E-state index is -1.91. The Morgan fingerprint density at radius 2 is 2.19 bits per heavy atom. The Morgan fingerprint density at radius 3 is 2.71 bits per heavy atom. The second-order valence-corrected chi connectivity index (χ2v) is 4.52. The van der Waals surface area contributed by atoms with Gasteiger partial charge in [-0.1, -0.05) is 12.1 Å². The van der Waals surface area contributed by atoms with Gasteiger partial charge in [0.25, 0.3) is 0 Å². The Hall–Kier alpha value is -2.54. The molecule has 0 saturated carbocycles. The Morgan fingerprint density at radius 1 is 1.48 bits per heavy atom. The Balaban J connectivity index is 2.63. The minimum absolute atomic E-state index is 0.169. The lowest BCUT2D eigenvalue weighted by Gasteiger charge is -2.31. The van der Waals surface area contributed by atoms with Gasteiger partial charge < -0.3 is 9.84 Å². The van der Waals surface area contributed by atoms with Crippen LogP contribution in [-0.2, 0) is 9.53 Å². The number of nitro groups is 1. The van der Waals surface area contributed by atoms with Crippen LogP contribution in [0.3, 0.4) is 0 Å². The molecule has 1 aliphatic rings. The number of carboxylic acids is 1. The van der Waals surface area contributed by atoms with Crippen LogP contribution in [0.2, 0.25) is 0 Å². The summed E-state index contributed by atoms with van der Waals surface area (Å²) in [5.41, 5.74) is -1.72. The van der Waals surface area contributed by atoms with Crippen LogP contribution in [0.25, 0.3) is 5.57 Å². The van der Waals surface area contributed by atoms with Crippen molar-refractivity contribution in [1.82, 2.24) is 0 Å². The number of aliphatic carboxylic acids is 1. The summed E-state index contributed by atoms with van der Waals surface area (Å²) < 4.78 is 18.4. The predicted molar refractivity (Wildman–Crippen MR) is 71.4 cm³/mol. The van der Waals surface area contributed by atoms with Gasteiger partial charge in [-0.15, -0.1) is 0 Å². The standard InChI is InChI=1S/C14H12FNO5/c1-21-14(13(17)18)8-11(16(19)20)5-6-12(14)9-3-2-4-10(15)7-9/h2-7H,8H2,1H3,(H,17,18). The first-order valence-electron chi connectivity index (χ1n) is 6.01. The minimum Gasteiger partial charge on any atom is -0.479 e. The van der Waals surface area contributed by atoms with Gasteiger partial charge in [-0.2, -0.15) is 0 Å². The molecule has 1 aromatic rings. The summed E-state index contributed by atoms with van der Waals surface area (Å²) in [6.45, 7) is 0. The lowest BCUT2D eigenvalue weighted by molar-refractivity contribution is -0.430. The summed E-state index contributed by atoms with van der Waals surface area (Å²) >= 11 is 0. The summed E-state index contributed by atoms with van der Waals surface area (Å²) in [5.74, 6) is -1.90. The van der Waals surface area contributed by atoms with Gasteiger partial charge in [-0.3, -0.25) is 10.1 Å². The SMILES string of the molecule is COC1(C(=O)O)CC([N+](=O)[O-])=CC=C1c1cccc(F)c1. The molecule has 7 heteroatoms. The zero-order chi connectivity index (χ0) is 15.6. The number of nitrogens with zero attached hydrogens (tertiary/aromatic N) is 1. The molecule has 1 N–H and O–H groups in total. The molecule has 0 spiro atoms. The van der Waals surface area contributed by atoms with Crippen molar-refractivity contribution < 1.29 is 24.0 Å². The zero-order valence-electron chi connectivity index (χ0n) is 11.1. The highest BCUT2D eigenvalue weighted by atomic mass is 19.1. The second-order valence-electron chi connectivity index (χ2n) is 4.52. The van der Waals surface area contributed by atoms with Crippen LogP contribution in [0.5, 0.6) is 0 Å². The molecule has 0 amide bonds. The van der Waals surface area contributed by atoms with E-state index in [2.05, 4.69) is 0 Å². The predicted octanol–water partition coefficient (Wildman–Crippen LogP) is 2.24. The number of hydrogen-bond acceptors (Lipinski definition) is 4. The molecule has 0 heterocycles. The largest absolute Gasteiger partial charge is 0.479 e. The maximum Gasteiger partial charge on any atom is 0.341 e. The van der Waals surface area contributed by atoms with E-state index in [1.807, 2.05) is 0 Å². The molecule has 0 fully saturated rings. The van der Waals surface area contributed by atoms with Crippen molar-refractivity contribution in [2.24, 2.45) is 0 Å². The van der Waals surface area contributed by atoms with Crippen LogP contribution >= 0.6 is 0 Å². The van der Waals surface area contributed by atoms with Gasteiger partial charge in [0.1, 0.15) is 5.82 Å². The average Bonchev–Trinajstić information content (AvgIpc) is 2.46. The Labute approximate surface area is 119 Å². The van der Waals surface area contributed by atoms with Crippen LogP contribution in [0.1, 0.15) is 12.0 Å². The molecule has 1 unspecified atom stereocenters. The molecule has 1 aromatic carbocycles. The number of hydrogen-bond donors (Lipinski definition) is 1. The van der Waals surface area contributed by atoms with Crippen molar-refractivity contribution in [3.05, 3.63) is 63.6 Å². The number of methoxy groups -OCH3 is 1. The van der Waals surface area contributed by atoms with Crippen LogP contribution < -0.4 is 0 Å². The van der Waals surface area contributed by atoms with Crippen molar-refractivity contribution >= 4 is 11.5 Å². The third kappa shape index (κ3) is 2.55. The molecule has 0 bridgehead atoms. The molecule has 1 atom stereocenters. The number of halogens is 1. The smallest absolute Gasteiger partial charge is 0.341 e. The highest BCUT2D eigenvalue weighted by molar-refractivity contribution is 5.97. The molecule has 0 aliphatic heterocycles. The number of rotatable bonds is 4. The molecule has 1 aliphatic carbocycles. The number of ether oxygens (including phenoxy) is 1. The van der Waals surface area contributed by atoms with Crippen LogP contribution in [0.15, 0.2) is 42.1 Å². The fourth-order valence-corrected chi connectivity index (χ4v) is 2.29. The van der Waals surface area contributed by atoms with Gasteiger partial charge in [-0.05, 0) is 23.8 Å². The number of carbonyl (C=O) groups is 1. The van der Waals surface area contributed by atoms with Crippen molar-refractivity contribution in [3.8, 4) is 0 Å². The normalized spacial score (nSPS) is 21.4. The lowest BCUT2D eigenvalue weighted by atomic mass is 9.81. The Kier molecular flexibility index (Phi) is 3.86. The van der Waals surface area contributed by atoms with Crippen LogP contribution in [0, 0.1) is 15.9 Å². The molecule has 6 nitrogen and oxygen atoms in total. The summed E-state index contributed by atoms with van der Waals surface area (Å²) in [4.78, 5) is 21.9. The molecule has 0 aromatic heterocycles. The number of benzene rings is 1. The van der Waals surface area contributed by atoms with E-state index >= 15 is 0 Å². The first-order chi connectivity index (χ1) is 9.90. The van der Waals surface area contributed by atoms with Crippen molar-refractivity contribution in [2.45, 2.75) is 12.0 Å². The monoisotopic (exact) mass is 293 g/mol. The fraction of sp³-hybridized carbons (Fsp3) is 0.214. The molecular formula is C14H12FNO5. The number of allylic oxidation sites excluding steroid dienone is 2. The van der Waals surface area contributed by atoms with Gasteiger partial charge in [-0.25, -0.2) is 9.18 Å². The molecule has 21 heavy (non-hydrogen) atoms. The van der Waals surface area contributed by atoms with Crippen LogP contribution in [-0.4, -0.2) is 28.7 Å². The van der Waals surface area contributed by atoms with E-state index in [9.17, 15) is 24.4 Å². The maximum atomic E-state index is 13.3. The van der Waals surface area contributed by atoms with E-state index in [0.29, 0.717) is 5.56 Å². The zero-order valence-corrected chi connectivity index (χ0v) is 11.1. The van der Waals surface area contributed by atoms with E-state index in [-0.39, 0.29) is 11.3 Å². The lowest BCUT2D eigenvalue weighted by Crippen LogP contribution is -2.44. The van der Waals surface area contributed by atoms with E-state index in [1.54, 1.807) is 0 Å². The van der Waals surface area contributed by atoms with Gasteiger partial charge in [0.05, 0.1) is 11.3 Å². The average molecular weight is 293 g/mol. The van der Waals surface area contributed by atoms with Crippen molar-refractivity contribution in [1.29, 1.82) is 0 Å².